The molecule has 4 atom stereocenters. The van der Waals surface area contributed by atoms with Crippen LogP contribution in [0.4, 0.5) is 0 Å². The van der Waals surface area contributed by atoms with Gasteiger partial charge < -0.3 is 10.4 Å². The summed E-state index contributed by atoms with van der Waals surface area (Å²) in [6.45, 7) is 0.118. The number of nitrogens with one attached hydrogen (secondary N) is 1. The smallest absolute Gasteiger partial charge is 0.223 e. The second-order valence-electron chi connectivity index (χ2n) is 7.72. The highest BCUT2D eigenvalue weighted by molar-refractivity contribution is 5.79. The second-order valence-corrected chi connectivity index (χ2v) is 7.72. The van der Waals surface area contributed by atoms with Crippen LogP contribution in [0.1, 0.15) is 56.9 Å². The third-order valence-corrected chi connectivity index (χ3v) is 6.06. The summed E-state index contributed by atoms with van der Waals surface area (Å²) in [6, 6.07) is 10.3. The molecule has 3 heteroatoms. The number of aliphatic hydroxyl groups excluding tert-OH is 1. The van der Waals surface area contributed by atoms with Crippen LogP contribution in [0, 0.1) is 17.8 Å². The minimum atomic E-state index is 0.0361. The summed E-state index contributed by atoms with van der Waals surface area (Å²) in [6.07, 6.45) is 10.2. The lowest BCUT2D eigenvalue weighted by atomic mass is 9.67. The normalized spacial score (nSPS) is 28.0. The first-order valence-electron chi connectivity index (χ1n) is 9.71. The zero-order chi connectivity index (χ0) is 16.8. The van der Waals surface area contributed by atoms with Gasteiger partial charge in [-0.25, -0.2) is 0 Å². The van der Waals surface area contributed by atoms with Crippen LogP contribution in [0.5, 0.6) is 0 Å². The first-order chi connectivity index (χ1) is 11.8. The van der Waals surface area contributed by atoms with E-state index in [9.17, 15) is 9.90 Å². The van der Waals surface area contributed by atoms with Gasteiger partial charge in [0.1, 0.15) is 0 Å². The van der Waals surface area contributed by atoms with E-state index >= 15 is 0 Å². The fourth-order valence-corrected chi connectivity index (χ4v) is 4.71. The number of rotatable bonds is 6. The molecule has 0 heterocycles. The van der Waals surface area contributed by atoms with E-state index in [1.807, 2.05) is 18.2 Å². The molecule has 1 aromatic carbocycles. The highest BCUT2D eigenvalue weighted by atomic mass is 16.3. The Hall–Kier alpha value is -1.35. The summed E-state index contributed by atoms with van der Waals surface area (Å²) in [7, 11) is 0. The zero-order valence-electron chi connectivity index (χ0n) is 14.6. The van der Waals surface area contributed by atoms with Crippen molar-refractivity contribution in [1.29, 1.82) is 0 Å². The fraction of sp³-hybridized carbons (Fsp3) is 0.667. The van der Waals surface area contributed by atoms with Gasteiger partial charge in [0.25, 0.3) is 0 Å². The van der Waals surface area contributed by atoms with Crippen molar-refractivity contribution in [3.8, 4) is 0 Å². The van der Waals surface area contributed by atoms with E-state index in [4.69, 9.17) is 0 Å². The Morgan fingerprint density at radius 1 is 1.08 bits per heavy atom. The lowest BCUT2D eigenvalue weighted by Gasteiger charge is -2.39. The van der Waals surface area contributed by atoms with Crippen LogP contribution < -0.4 is 5.32 Å². The Bertz CT molecular complexity index is 516. The molecule has 132 valence electrons. The number of hydrogen-bond acceptors (Lipinski definition) is 2. The summed E-state index contributed by atoms with van der Waals surface area (Å²) in [4.78, 5) is 12.8. The quantitative estimate of drug-likeness (QED) is 0.836. The molecule has 0 spiro atoms. The van der Waals surface area contributed by atoms with E-state index in [-0.39, 0.29) is 24.5 Å². The van der Waals surface area contributed by atoms with Gasteiger partial charge >= 0.3 is 0 Å². The van der Waals surface area contributed by atoms with Crippen molar-refractivity contribution in [3.05, 3.63) is 35.9 Å². The Labute approximate surface area is 145 Å². The van der Waals surface area contributed by atoms with Crippen molar-refractivity contribution in [1.82, 2.24) is 5.32 Å². The van der Waals surface area contributed by atoms with E-state index in [0.29, 0.717) is 6.42 Å². The maximum Gasteiger partial charge on any atom is 0.223 e. The maximum absolute atomic E-state index is 12.8. The van der Waals surface area contributed by atoms with Crippen molar-refractivity contribution in [3.63, 3.8) is 0 Å². The molecule has 1 amide bonds. The molecule has 2 aliphatic carbocycles. The van der Waals surface area contributed by atoms with Gasteiger partial charge in [-0.15, -0.1) is 0 Å². The molecule has 2 fully saturated rings. The Morgan fingerprint density at radius 2 is 1.83 bits per heavy atom. The van der Waals surface area contributed by atoms with Crippen molar-refractivity contribution in [2.75, 3.05) is 6.61 Å². The summed E-state index contributed by atoms with van der Waals surface area (Å²) in [5, 5.41) is 12.6. The van der Waals surface area contributed by atoms with Crippen LogP contribution in [0.15, 0.2) is 30.3 Å². The van der Waals surface area contributed by atoms with Crippen LogP contribution in [0.25, 0.3) is 0 Å². The van der Waals surface area contributed by atoms with Crippen molar-refractivity contribution < 1.29 is 9.90 Å². The molecule has 3 nitrogen and oxygen atoms in total. The van der Waals surface area contributed by atoms with Gasteiger partial charge in [0.05, 0.1) is 0 Å². The summed E-state index contributed by atoms with van der Waals surface area (Å²) in [5.41, 5.74) is 1.22. The molecule has 0 radical (unpaired) electrons. The van der Waals surface area contributed by atoms with Crippen LogP contribution in [0.2, 0.25) is 0 Å². The number of aliphatic hydroxyl groups is 1. The van der Waals surface area contributed by atoms with E-state index < -0.39 is 0 Å². The van der Waals surface area contributed by atoms with Gasteiger partial charge in [-0.3, -0.25) is 4.79 Å². The molecular formula is C21H31NO2. The van der Waals surface area contributed by atoms with Gasteiger partial charge in [0.15, 0.2) is 0 Å². The number of fused-ring (bicyclic) bond motifs is 1. The number of amides is 1. The summed E-state index contributed by atoms with van der Waals surface area (Å²) >= 11 is 0. The van der Waals surface area contributed by atoms with E-state index in [1.165, 1.54) is 37.7 Å². The van der Waals surface area contributed by atoms with Crippen LogP contribution in [-0.4, -0.2) is 23.7 Å². The maximum atomic E-state index is 12.8. The summed E-state index contributed by atoms with van der Waals surface area (Å²) < 4.78 is 0. The van der Waals surface area contributed by atoms with Gasteiger partial charge in [-0.1, -0.05) is 56.0 Å². The van der Waals surface area contributed by atoms with Crippen molar-refractivity contribution >= 4 is 5.91 Å². The van der Waals surface area contributed by atoms with Crippen LogP contribution >= 0.6 is 0 Å². The highest BCUT2D eigenvalue weighted by Crippen LogP contribution is 2.42. The third-order valence-electron chi connectivity index (χ3n) is 6.06. The topological polar surface area (TPSA) is 49.3 Å². The minimum Gasteiger partial charge on any atom is -0.396 e. The molecule has 2 saturated carbocycles. The number of hydrogen-bond donors (Lipinski definition) is 2. The van der Waals surface area contributed by atoms with Crippen molar-refractivity contribution in [2.45, 2.75) is 63.8 Å². The number of benzene rings is 1. The van der Waals surface area contributed by atoms with E-state index in [2.05, 4.69) is 17.4 Å². The Kier molecular flexibility index (Phi) is 6.30. The van der Waals surface area contributed by atoms with Crippen molar-refractivity contribution in [2.24, 2.45) is 17.8 Å². The minimum absolute atomic E-state index is 0.0361. The molecule has 0 saturated heterocycles. The second kappa shape index (κ2) is 8.66. The molecule has 0 aliphatic heterocycles. The number of carbonyl (C=O) groups is 1. The molecule has 24 heavy (non-hydrogen) atoms. The lowest BCUT2D eigenvalue weighted by Crippen LogP contribution is -2.43. The molecule has 2 aliphatic rings. The first-order valence-corrected chi connectivity index (χ1v) is 9.71. The van der Waals surface area contributed by atoms with Gasteiger partial charge in [-0.2, -0.15) is 0 Å². The van der Waals surface area contributed by atoms with Gasteiger partial charge in [-0.05, 0) is 49.5 Å². The SMILES string of the molecule is O=C(N[C@H](CCO)Cc1ccccc1)[C@@H]1CC[C@@H]2CCCC[C@H]2C1. The Morgan fingerprint density at radius 3 is 2.58 bits per heavy atom. The predicted octanol–water partition coefficient (Wildman–Crippen LogP) is 3.70. The average Bonchev–Trinajstić information content (AvgIpc) is 2.62. The highest BCUT2D eigenvalue weighted by Gasteiger charge is 2.35. The standard InChI is InChI=1S/C21H31NO2/c23-13-12-20(14-16-6-2-1-3-7-16)22-21(24)19-11-10-17-8-4-5-9-18(17)15-19/h1-3,6-7,17-20,23H,4-5,8-15H2,(H,22,24)/t17-,18-,19+,20+/m0/s1. The third kappa shape index (κ3) is 4.60. The lowest BCUT2D eigenvalue weighted by molar-refractivity contribution is -0.128. The zero-order valence-corrected chi connectivity index (χ0v) is 14.6. The van der Waals surface area contributed by atoms with Crippen LogP contribution in [-0.2, 0) is 11.2 Å². The molecule has 0 bridgehead atoms. The van der Waals surface area contributed by atoms with Gasteiger partial charge in [0.2, 0.25) is 5.91 Å². The Balaban J connectivity index is 1.55. The first kappa shape index (κ1) is 17.5. The monoisotopic (exact) mass is 329 g/mol. The van der Waals surface area contributed by atoms with Crippen LogP contribution in [0.3, 0.4) is 0 Å². The average molecular weight is 329 g/mol. The molecular weight excluding hydrogens is 298 g/mol. The van der Waals surface area contributed by atoms with E-state index in [1.54, 1.807) is 0 Å². The van der Waals surface area contributed by atoms with Gasteiger partial charge in [0, 0.05) is 18.6 Å². The molecule has 3 rings (SSSR count). The molecule has 1 aromatic rings. The summed E-state index contributed by atoms with van der Waals surface area (Å²) in [5.74, 6) is 2.05. The fourth-order valence-electron chi connectivity index (χ4n) is 4.71. The molecule has 0 aromatic heterocycles. The predicted molar refractivity (Wildman–Crippen MR) is 96.6 cm³/mol. The number of carbonyl (C=O) groups excluding carboxylic acids is 1. The van der Waals surface area contributed by atoms with E-state index in [0.717, 1.165) is 31.1 Å². The largest absolute Gasteiger partial charge is 0.396 e. The molecule has 0 unspecified atom stereocenters. The molecule has 2 N–H and O–H groups in total.